The normalized spacial score (nSPS) is 14.1. The summed E-state index contributed by atoms with van der Waals surface area (Å²) in [5.41, 5.74) is 1.27. The van der Waals surface area contributed by atoms with Gasteiger partial charge in [0.1, 0.15) is 0 Å². The second kappa shape index (κ2) is 6.67. The quantitative estimate of drug-likeness (QED) is 0.894. The van der Waals surface area contributed by atoms with Crippen molar-refractivity contribution in [3.8, 4) is 6.07 Å². The standard InChI is InChI=1S/C13H17BrN2/c1-3-13(16-9-10(2)8-15)11-5-4-6-12(14)7-11/h4-7,10,13,16H,3,9H2,1-2H3. The molecule has 0 aliphatic rings. The Morgan fingerprint density at radius 1 is 1.50 bits per heavy atom. The molecule has 16 heavy (non-hydrogen) atoms. The van der Waals surface area contributed by atoms with Crippen LogP contribution in [0.5, 0.6) is 0 Å². The largest absolute Gasteiger partial charge is 0.309 e. The van der Waals surface area contributed by atoms with E-state index >= 15 is 0 Å². The molecule has 2 unspecified atom stereocenters. The third kappa shape index (κ3) is 3.96. The average molecular weight is 281 g/mol. The SMILES string of the molecule is CCC(NCC(C)C#N)c1cccc(Br)c1. The first-order valence-corrected chi connectivity index (χ1v) is 6.35. The van der Waals surface area contributed by atoms with Gasteiger partial charge in [-0.05, 0) is 31.0 Å². The van der Waals surface area contributed by atoms with Gasteiger partial charge in [-0.3, -0.25) is 0 Å². The van der Waals surface area contributed by atoms with Gasteiger partial charge in [-0.1, -0.05) is 35.0 Å². The molecule has 0 radical (unpaired) electrons. The molecular weight excluding hydrogens is 264 g/mol. The Labute approximate surface area is 106 Å². The van der Waals surface area contributed by atoms with Crippen LogP contribution >= 0.6 is 15.9 Å². The Morgan fingerprint density at radius 2 is 2.25 bits per heavy atom. The fraction of sp³-hybridized carbons (Fsp3) is 0.462. The van der Waals surface area contributed by atoms with Crippen molar-refractivity contribution < 1.29 is 0 Å². The van der Waals surface area contributed by atoms with Crippen molar-refractivity contribution in [1.29, 1.82) is 5.26 Å². The molecule has 0 aliphatic carbocycles. The predicted molar refractivity (Wildman–Crippen MR) is 70.0 cm³/mol. The summed E-state index contributed by atoms with van der Waals surface area (Å²) in [5, 5.41) is 12.2. The molecule has 0 bridgehead atoms. The van der Waals surface area contributed by atoms with Crippen molar-refractivity contribution in [2.75, 3.05) is 6.54 Å². The molecule has 0 spiro atoms. The zero-order valence-electron chi connectivity index (χ0n) is 9.70. The monoisotopic (exact) mass is 280 g/mol. The van der Waals surface area contributed by atoms with Gasteiger partial charge in [0.2, 0.25) is 0 Å². The Kier molecular flexibility index (Phi) is 5.51. The van der Waals surface area contributed by atoms with Crippen molar-refractivity contribution in [2.24, 2.45) is 5.92 Å². The fourth-order valence-electron chi connectivity index (χ4n) is 1.59. The van der Waals surface area contributed by atoms with Crippen LogP contribution in [0, 0.1) is 17.2 Å². The molecule has 0 heterocycles. The molecule has 0 amide bonds. The summed E-state index contributed by atoms with van der Waals surface area (Å²) < 4.78 is 1.10. The zero-order chi connectivity index (χ0) is 12.0. The maximum absolute atomic E-state index is 8.74. The smallest absolute Gasteiger partial charge is 0.0666 e. The molecule has 2 nitrogen and oxygen atoms in total. The van der Waals surface area contributed by atoms with E-state index in [1.54, 1.807) is 0 Å². The molecule has 86 valence electrons. The van der Waals surface area contributed by atoms with Gasteiger partial charge in [-0.15, -0.1) is 0 Å². The molecule has 0 saturated carbocycles. The molecule has 1 rings (SSSR count). The molecule has 0 aliphatic heterocycles. The second-order valence-corrected chi connectivity index (χ2v) is 4.87. The van der Waals surface area contributed by atoms with E-state index in [1.807, 2.05) is 19.1 Å². The van der Waals surface area contributed by atoms with Crippen LogP contribution in [-0.2, 0) is 0 Å². The number of hydrogen-bond donors (Lipinski definition) is 1. The number of hydrogen-bond acceptors (Lipinski definition) is 2. The molecule has 1 aromatic carbocycles. The van der Waals surface area contributed by atoms with Gasteiger partial charge in [-0.2, -0.15) is 5.26 Å². The van der Waals surface area contributed by atoms with Gasteiger partial charge in [0.25, 0.3) is 0 Å². The van der Waals surface area contributed by atoms with Crippen LogP contribution in [-0.4, -0.2) is 6.54 Å². The molecule has 3 heteroatoms. The second-order valence-electron chi connectivity index (χ2n) is 3.95. The Morgan fingerprint density at radius 3 is 2.81 bits per heavy atom. The molecule has 0 fully saturated rings. The number of nitrogens with zero attached hydrogens (tertiary/aromatic N) is 1. The number of rotatable bonds is 5. The van der Waals surface area contributed by atoms with E-state index < -0.39 is 0 Å². The van der Waals surface area contributed by atoms with Crippen molar-refractivity contribution in [3.63, 3.8) is 0 Å². The van der Waals surface area contributed by atoms with Gasteiger partial charge >= 0.3 is 0 Å². The Balaban J connectivity index is 2.64. The van der Waals surface area contributed by atoms with Crippen LogP contribution in [0.2, 0.25) is 0 Å². The molecule has 0 aromatic heterocycles. The van der Waals surface area contributed by atoms with Gasteiger partial charge in [0.15, 0.2) is 0 Å². The Hall–Kier alpha value is -0.850. The minimum absolute atomic E-state index is 0.0567. The number of nitrogens with one attached hydrogen (secondary N) is 1. The lowest BCUT2D eigenvalue weighted by molar-refractivity contribution is 0.488. The van der Waals surface area contributed by atoms with Crippen LogP contribution in [0.1, 0.15) is 31.9 Å². The van der Waals surface area contributed by atoms with Gasteiger partial charge in [0, 0.05) is 17.1 Å². The fourth-order valence-corrected chi connectivity index (χ4v) is 2.00. The van der Waals surface area contributed by atoms with Crippen molar-refractivity contribution >= 4 is 15.9 Å². The molecular formula is C13H17BrN2. The third-order valence-electron chi connectivity index (χ3n) is 2.55. The van der Waals surface area contributed by atoms with Crippen molar-refractivity contribution in [2.45, 2.75) is 26.3 Å². The minimum Gasteiger partial charge on any atom is -0.309 e. The lowest BCUT2D eigenvalue weighted by Crippen LogP contribution is -2.25. The molecule has 1 N–H and O–H groups in total. The van der Waals surface area contributed by atoms with E-state index in [0.29, 0.717) is 6.04 Å². The highest BCUT2D eigenvalue weighted by molar-refractivity contribution is 9.10. The summed E-state index contributed by atoms with van der Waals surface area (Å²) in [5.74, 6) is 0.0567. The highest BCUT2D eigenvalue weighted by Crippen LogP contribution is 2.20. The van der Waals surface area contributed by atoms with E-state index in [-0.39, 0.29) is 5.92 Å². The Bertz CT molecular complexity index is 370. The van der Waals surface area contributed by atoms with Gasteiger partial charge in [-0.25, -0.2) is 0 Å². The number of benzene rings is 1. The van der Waals surface area contributed by atoms with E-state index in [9.17, 15) is 0 Å². The van der Waals surface area contributed by atoms with Crippen LogP contribution in [0.3, 0.4) is 0 Å². The van der Waals surface area contributed by atoms with Gasteiger partial charge < -0.3 is 5.32 Å². The zero-order valence-corrected chi connectivity index (χ0v) is 11.3. The topological polar surface area (TPSA) is 35.8 Å². The van der Waals surface area contributed by atoms with E-state index in [1.165, 1.54) is 5.56 Å². The number of nitriles is 1. The number of halogens is 1. The summed E-state index contributed by atoms with van der Waals surface area (Å²) in [6.45, 7) is 4.82. The molecule has 1 aromatic rings. The summed E-state index contributed by atoms with van der Waals surface area (Å²) in [6, 6.07) is 10.9. The third-order valence-corrected chi connectivity index (χ3v) is 3.04. The lowest BCUT2D eigenvalue weighted by atomic mass is 10.0. The summed E-state index contributed by atoms with van der Waals surface area (Å²) in [7, 11) is 0. The first-order valence-electron chi connectivity index (χ1n) is 5.55. The highest BCUT2D eigenvalue weighted by Gasteiger charge is 2.10. The maximum atomic E-state index is 8.74. The summed E-state index contributed by atoms with van der Waals surface area (Å²) in [4.78, 5) is 0. The molecule has 0 saturated heterocycles. The first kappa shape index (κ1) is 13.2. The van der Waals surface area contributed by atoms with E-state index in [4.69, 9.17) is 5.26 Å². The van der Waals surface area contributed by atoms with E-state index in [0.717, 1.165) is 17.4 Å². The lowest BCUT2D eigenvalue weighted by Gasteiger charge is -2.18. The average Bonchev–Trinajstić information content (AvgIpc) is 2.29. The highest BCUT2D eigenvalue weighted by atomic mass is 79.9. The first-order chi connectivity index (χ1) is 7.67. The van der Waals surface area contributed by atoms with Crippen LogP contribution in [0.4, 0.5) is 0 Å². The summed E-state index contributed by atoms with van der Waals surface area (Å²) >= 11 is 3.47. The summed E-state index contributed by atoms with van der Waals surface area (Å²) in [6.07, 6.45) is 1.02. The van der Waals surface area contributed by atoms with E-state index in [2.05, 4.69) is 46.4 Å². The van der Waals surface area contributed by atoms with Crippen LogP contribution in [0.25, 0.3) is 0 Å². The van der Waals surface area contributed by atoms with Crippen molar-refractivity contribution in [1.82, 2.24) is 5.32 Å². The minimum atomic E-state index is 0.0567. The van der Waals surface area contributed by atoms with Crippen LogP contribution in [0.15, 0.2) is 28.7 Å². The predicted octanol–water partition coefficient (Wildman–Crippen LogP) is 3.65. The van der Waals surface area contributed by atoms with Crippen LogP contribution < -0.4 is 5.32 Å². The van der Waals surface area contributed by atoms with Gasteiger partial charge in [0.05, 0.1) is 12.0 Å². The van der Waals surface area contributed by atoms with Crippen molar-refractivity contribution in [3.05, 3.63) is 34.3 Å². The molecule has 2 atom stereocenters. The maximum Gasteiger partial charge on any atom is 0.0666 e.